The van der Waals surface area contributed by atoms with Gasteiger partial charge in [0.1, 0.15) is 6.54 Å². The molecular weight excluding hydrogens is 364 g/mol. The number of hydrogen-bond donors (Lipinski definition) is 2. The SMILES string of the molecule is COCCN(CC(=O)Nc1nccs1)C(=O)NC12CC3CC(CC(C3)C1)C2. The quantitative estimate of drug-likeness (QED) is 0.747. The van der Waals surface area contributed by atoms with E-state index in [0.29, 0.717) is 18.3 Å². The van der Waals surface area contributed by atoms with Gasteiger partial charge in [-0.25, -0.2) is 9.78 Å². The van der Waals surface area contributed by atoms with Gasteiger partial charge in [-0.05, 0) is 56.3 Å². The predicted octanol–water partition coefficient (Wildman–Crippen LogP) is 2.71. The zero-order valence-corrected chi connectivity index (χ0v) is 16.6. The molecule has 4 aliphatic rings. The van der Waals surface area contributed by atoms with Gasteiger partial charge in [-0.2, -0.15) is 0 Å². The number of anilines is 1. The van der Waals surface area contributed by atoms with E-state index in [4.69, 9.17) is 4.74 Å². The van der Waals surface area contributed by atoms with Crippen LogP contribution in [0.1, 0.15) is 38.5 Å². The maximum absolute atomic E-state index is 13.0. The van der Waals surface area contributed by atoms with Gasteiger partial charge < -0.3 is 20.3 Å². The number of rotatable bonds is 7. The monoisotopic (exact) mass is 392 g/mol. The third-order valence-corrected chi connectivity index (χ3v) is 6.96. The van der Waals surface area contributed by atoms with Gasteiger partial charge in [-0.15, -0.1) is 11.3 Å². The van der Waals surface area contributed by atoms with Crippen LogP contribution in [0.25, 0.3) is 0 Å². The zero-order valence-electron chi connectivity index (χ0n) is 15.8. The lowest BCUT2D eigenvalue weighted by molar-refractivity contribution is -0.117. The highest BCUT2D eigenvalue weighted by Gasteiger charge is 2.51. The Morgan fingerprint density at radius 3 is 2.48 bits per heavy atom. The first-order chi connectivity index (χ1) is 13.0. The molecule has 0 atom stereocenters. The van der Waals surface area contributed by atoms with Crippen LogP contribution in [-0.2, 0) is 9.53 Å². The molecule has 27 heavy (non-hydrogen) atoms. The van der Waals surface area contributed by atoms with E-state index in [1.54, 1.807) is 23.6 Å². The number of hydrogen-bond acceptors (Lipinski definition) is 5. The van der Waals surface area contributed by atoms with Crippen LogP contribution in [-0.4, -0.2) is 54.2 Å². The van der Waals surface area contributed by atoms with Crippen molar-refractivity contribution in [3.8, 4) is 0 Å². The summed E-state index contributed by atoms with van der Waals surface area (Å²) in [4.78, 5) is 31.0. The lowest BCUT2D eigenvalue weighted by Crippen LogP contribution is -2.62. The average molecular weight is 393 g/mol. The zero-order chi connectivity index (χ0) is 18.9. The molecule has 7 nitrogen and oxygen atoms in total. The summed E-state index contributed by atoms with van der Waals surface area (Å²) in [5, 5.41) is 8.44. The fourth-order valence-electron chi connectivity index (χ4n) is 5.64. The van der Waals surface area contributed by atoms with Gasteiger partial charge in [0.05, 0.1) is 6.61 Å². The van der Waals surface area contributed by atoms with Crippen molar-refractivity contribution in [1.82, 2.24) is 15.2 Å². The third kappa shape index (κ3) is 4.27. The van der Waals surface area contributed by atoms with Crippen molar-refractivity contribution < 1.29 is 14.3 Å². The Kier molecular flexibility index (Phi) is 5.36. The van der Waals surface area contributed by atoms with Crippen molar-refractivity contribution in [2.24, 2.45) is 17.8 Å². The summed E-state index contributed by atoms with van der Waals surface area (Å²) >= 11 is 1.36. The van der Waals surface area contributed by atoms with Crippen LogP contribution in [0.15, 0.2) is 11.6 Å². The molecule has 4 fully saturated rings. The summed E-state index contributed by atoms with van der Waals surface area (Å²) in [5.74, 6) is 2.05. The first kappa shape index (κ1) is 18.7. The normalized spacial score (nSPS) is 30.9. The minimum Gasteiger partial charge on any atom is -0.383 e. The minimum atomic E-state index is -0.235. The van der Waals surface area contributed by atoms with Gasteiger partial charge in [-0.1, -0.05) is 0 Å². The second kappa shape index (κ2) is 7.75. The first-order valence-electron chi connectivity index (χ1n) is 9.80. The summed E-state index contributed by atoms with van der Waals surface area (Å²) in [7, 11) is 1.60. The van der Waals surface area contributed by atoms with Crippen molar-refractivity contribution in [2.45, 2.75) is 44.1 Å². The molecule has 4 bridgehead atoms. The molecule has 0 unspecified atom stereocenters. The number of methoxy groups -OCH3 is 1. The minimum absolute atomic E-state index is 0.00113. The second-order valence-electron chi connectivity index (χ2n) is 8.43. The molecule has 148 valence electrons. The van der Waals surface area contributed by atoms with E-state index < -0.39 is 0 Å². The van der Waals surface area contributed by atoms with Crippen LogP contribution < -0.4 is 10.6 Å². The average Bonchev–Trinajstić information content (AvgIpc) is 3.09. The molecule has 8 heteroatoms. The molecule has 1 heterocycles. The smallest absolute Gasteiger partial charge is 0.318 e. The number of carbonyl (C=O) groups excluding carboxylic acids is 2. The van der Waals surface area contributed by atoms with Crippen molar-refractivity contribution >= 4 is 28.4 Å². The molecule has 0 aliphatic heterocycles. The van der Waals surface area contributed by atoms with Gasteiger partial charge in [-0.3, -0.25) is 4.79 Å². The van der Waals surface area contributed by atoms with Crippen molar-refractivity contribution in [2.75, 3.05) is 32.1 Å². The summed E-state index contributed by atoms with van der Waals surface area (Å²) in [5.41, 5.74) is -0.0665. The Hall–Kier alpha value is -1.67. The van der Waals surface area contributed by atoms with E-state index in [2.05, 4.69) is 15.6 Å². The second-order valence-corrected chi connectivity index (χ2v) is 9.32. The molecule has 0 aromatic carbocycles. The van der Waals surface area contributed by atoms with Gasteiger partial charge in [0.15, 0.2) is 5.13 Å². The highest BCUT2D eigenvalue weighted by Crippen LogP contribution is 2.55. The Labute approximate surface area is 163 Å². The standard InChI is InChI=1S/C19H28N4O3S/c1-26-4-3-23(12-16(24)21-17-20-2-5-27-17)18(25)22-19-9-13-6-14(10-19)8-15(7-13)11-19/h2,5,13-15H,3-4,6-12H2,1H3,(H,22,25)(H,20,21,24). The van der Waals surface area contributed by atoms with Gasteiger partial charge in [0, 0.05) is 30.8 Å². The van der Waals surface area contributed by atoms with Crippen LogP contribution in [0.5, 0.6) is 0 Å². The third-order valence-electron chi connectivity index (χ3n) is 6.28. The Morgan fingerprint density at radius 1 is 1.26 bits per heavy atom. The van der Waals surface area contributed by atoms with E-state index in [1.165, 1.54) is 30.6 Å². The van der Waals surface area contributed by atoms with Crippen LogP contribution in [0.2, 0.25) is 0 Å². The van der Waals surface area contributed by atoms with Crippen LogP contribution in [0.3, 0.4) is 0 Å². The van der Waals surface area contributed by atoms with Gasteiger partial charge >= 0.3 is 6.03 Å². The number of thiazole rings is 1. The van der Waals surface area contributed by atoms with E-state index >= 15 is 0 Å². The van der Waals surface area contributed by atoms with E-state index in [1.807, 2.05) is 0 Å². The van der Waals surface area contributed by atoms with Crippen molar-refractivity contribution in [3.63, 3.8) is 0 Å². The number of carbonyl (C=O) groups is 2. The largest absolute Gasteiger partial charge is 0.383 e. The number of amides is 3. The molecule has 1 aromatic rings. The molecule has 0 saturated heterocycles. The van der Waals surface area contributed by atoms with Crippen molar-refractivity contribution in [3.05, 3.63) is 11.6 Å². The number of aromatic nitrogens is 1. The maximum atomic E-state index is 13.0. The Balaban J connectivity index is 1.39. The number of ether oxygens (including phenoxy) is 1. The number of nitrogens with zero attached hydrogens (tertiary/aromatic N) is 2. The van der Waals surface area contributed by atoms with Crippen LogP contribution in [0, 0.1) is 17.8 Å². The number of nitrogens with one attached hydrogen (secondary N) is 2. The molecule has 2 N–H and O–H groups in total. The Morgan fingerprint density at radius 2 is 1.93 bits per heavy atom. The molecule has 0 spiro atoms. The maximum Gasteiger partial charge on any atom is 0.318 e. The summed E-state index contributed by atoms with van der Waals surface area (Å²) in [6.45, 7) is 0.792. The molecule has 3 amide bonds. The van der Waals surface area contributed by atoms with Crippen LogP contribution >= 0.6 is 11.3 Å². The first-order valence-corrected chi connectivity index (χ1v) is 10.7. The highest BCUT2D eigenvalue weighted by atomic mass is 32.1. The van der Waals surface area contributed by atoms with Crippen molar-refractivity contribution in [1.29, 1.82) is 0 Å². The Bertz CT molecular complexity index is 643. The number of urea groups is 1. The van der Waals surface area contributed by atoms with E-state index in [9.17, 15) is 9.59 Å². The molecular formula is C19H28N4O3S. The molecule has 5 rings (SSSR count). The summed E-state index contributed by atoms with van der Waals surface area (Å²) in [6.07, 6.45) is 8.91. The fourth-order valence-corrected chi connectivity index (χ4v) is 6.19. The molecule has 4 aliphatic carbocycles. The summed E-state index contributed by atoms with van der Waals surface area (Å²) < 4.78 is 5.14. The van der Waals surface area contributed by atoms with E-state index in [-0.39, 0.29) is 24.0 Å². The lowest BCUT2D eigenvalue weighted by atomic mass is 9.53. The highest BCUT2D eigenvalue weighted by molar-refractivity contribution is 7.13. The lowest BCUT2D eigenvalue weighted by Gasteiger charge is -2.57. The topological polar surface area (TPSA) is 83.6 Å². The predicted molar refractivity (Wildman–Crippen MR) is 104 cm³/mol. The summed E-state index contributed by atoms with van der Waals surface area (Å²) in [6, 6.07) is -0.150. The van der Waals surface area contributed by atoms with Gasteiger partial charge in [0.25, 0.3) is 0 Å². The molecule has 4 saturated carbocycles. The van der Waals surface area contributed by atoms with Crippen LogP contribution in [0.4, 0.5) is 9.93 Å². The van der Waals surface area contributed by atoms with Gasteiger partial charge in [0.2, 0.25) is 5.91 Å². The molecule has 0 radical (unpaired) electrons. The molecule has 1 aromatic heterocycles. The fraction of sp³-hybridized carbons (Fsp3) is 0.737. The van der Waals surface area contributed by atoms with E-state index in [0.717, 1.165) is 37.0 Å².